The molecule has 0 spiro atoms. The number of fused-ring (bicyclic) bond motifs is 3. The second-order valence-electron chi connectivity index (χ2n) is 18.9. The number of aliphatic carboxylic acids is 1. The summed E-state index contributed by atoms with van der Waals surface area (Å²) in [6.45, 7) is -0.0221. The molecule has 9 atom stereocenters. The quantitative estimate of drug-likeness (QED) is 0.0657. The van der Waals surface area contributed by atoms with Gasteiger partial charge in [0.25, 0.3) is 0 Å². The summed E-state index contributed by atoms with van der Waals surface area (Å²) in [4.78, 5) is 30.3. The molecule has 72 heavy (non-hydrogen) atoms. The zero-order chi connectivity index (χ0) is 50.7. The molecule has 3 fully saturated rings. The largest absolute Gasteiger partial charge is 0.508 e. The van der Waals surface area contributed by atoms with Gasteiger partial charge in [0.2, 0.25) is 12.0 Å². The normalized spacial score (nSPS) is 26.5. The molecule has 2 aromatic heterocycles. The van der Waals surface area contributed by atoms with Crippen molar-refractivity contribution >= 4 is 22.8 Å². The number of nitrogens with two attached hydrogens (primary N) is 1. The third-order valence-electron chi connectivity index (χ3n) is 14.3. The lowest BCUT2D eigenvalue weighted by Crippen LogP contribution is -2.79. The number of anilines is 1. The highest BCUT2D eigenvalue weighted by Gasteiger charge is 2.71. The molecule has 4 aliphatic rings. The van der Waals surface area contributed by atoms with Crippen molar-refractivity contribution in [2.75, 3.05) is 25.6 Å². The lowest BCUT2D eigenvalue weighted by molar-refractivity contribution is -0.344. The third kappa shape index (κ3) is 8.54. The Bertz CT molecular complexity index is 3090. The summed E-state index contributed by atoms with van der Waals surface area (Å²) in [7, 11) is 0. The molecule has 4 heterocycles. The van der Waals surface area contributed by atoms with Crippen LogP contribution in [0.4, 0.5) is 5.82 Å². The zero-order valence-electron chi connectivity index (χ0n) is 38.5. The molecule has 2 aliphatic heterocycles. The molecule has 20 heteroatoms. The highest BCUT2D eigenvalue weighted by atomic mass is 16.7. The Balaban J connectivity index is 1.08. The predicted octanol–water partition coefficient (Wildman–Crippen LogP) is 3.14. The molecular formula is C52H54N4O16. The van der Waals surface area contributed by atoms with Gasteiger partial charge < -0.3 is 85.4 Å². The first-order chi connectivity index (χ1) is 34.5. The number of nitrogens with one attached hydrogen (secondary N) is 3. The second-order valence-corrected chi connectivity index (χ2v) is 18.9. The maximum Gasteiger partial charge on any atom is 0.336 e. The number of nitrogen functional groups attached to an aromatic ring is 1. The molecule has 14 N–H and O–H groups in total. The molecule has 6 aromatic rings. The first kappa shape index (κ1) is 48.5. The molecule has 4 aromatic carbocycles. The van der Waals surface area contributed by atoms with Gasteiger partial charge in [-0.25, -0.2) is 4.79 Å². The van der Waals surface area contributed by atoms with Crippen molar-refractivity contribution in [3.63, 3.8) is 0 Å². The molecule has 0 amide bonds. The minimum atomic E-state index is -2.72. The van der Waals surface area contributed by atoms with Crippen molar-refractivity contribution in [1.82, 2.24) is 15.6 Å². The number of benzene rings is 4. The average molecular weight is 991 g/mol. The number of aliphatic hydroxyl groups is 5. The molecule has 2 bridgehead atoms. The number of hydrogen-bond acceptors (Lipinski definition) is 18. The number of aromatic amines is 1. The molecule has 1 saturated carbocycles. The number of aromatic nitrogens is 1. The van der Waals surface area contributed by atoms with Crippen LogP contribution < -0.4 is 36.0 Å². The average Bonchev–Trinajstić information content (AvgIpc) is 4.16. The fourth-order valence-electron chi connectivity index (χ4n) is 10.9. The zero-order valence-corrected chi connectivity index (χ0v) is 38.5. The molecular weight excluding hydrogens is 937 g/mol. The Morgan fingerprint density at radius 1 is 0.931 bits per heavy atom. The molecule has 0 radical (unpaired) electrons. The number of carbonyl (C=O) groups is 1. The molecule has 20 nitrogen and oxygen atoms in total. The molecule has 2 saturated heterocycles. The lowest BCUT2D eigenvalue weighted by atomic mass is 9.59. The van der Waals surface area contributed by atoms with Gasteiger partial charge in [-0.3, -0.25) is 10.1 Å². The summed E-state index contributed by atoms with van der Waals surface area (Å²) >= 11 is 0. The Kier molecular flexibility index (Phi) is 12.7. The number of ether oxygens (including phenoxy) is 4. The Hall–Kier alpha value is -7.14. The van der Waals surface area contributed by atoms with Gasteiger partial charge in [-0.1, -0.05) is 29.8 Å². The number of phenolic OH excluding ortho intramolecular Hbond substituents is 3. The van der Waals surface area contributed by atoms with E-state index >= 15 is 0 Å². The maximum atomic E-state index is 14.2. The van der Waals surface area contributed by atoms with Gasteiger partial charge in [0, 0.05) is 48.6 Å². The van der Waals surface area contributed by atoms with Gasteiger partial charge >= 0.3 is 5.97 Å². The SMILES string of the molecule is Nc1ccc([C@@H](O)[C@H](CO)Oc2ccc(-c3cc(=O)c4c(O)c(OC5(c6cccc(O)c6)CCCC5)c(O[C@@H]5O[C@H](C(=O)O)[C@]6(O)[C@@H]([C@@H]7CNCN7)C(Cc7cccc(O)c7)=C[C@@]5(O)[C@@H]6O)cc4o3)cc2)[nH]1. The standard InChI is InChI=1S/C52H54N4O16/c53-40-14-13-33(56-40)43(61)39(24-57)68-32-11-9-27(10-12-32)36-20-35(60)41-37(69-36)21-38(45(44(41)62)72-50(15-1-2-16-50)29-6-4-8-31(59)19-29)70-49-51(66)22-28(17-26-5-3-7-30(58)18-26)42(34-23-54-25-55-34)52(67,48(51)65)46(71-49)47(63)64/h3-14,18-22,34,39,42-43,46,48-49,54-59,61-62,65-67H,1-2,15-17,23-25,53H2,(H,63,64)/t34-,39-,42+,43+,46+,48-,49+,51+,52+/m0/s1. The monoisotopic (exact) mass is 990 g/mol. The number of rotatable bonds is 15. The van der Waals surface area contributed by atoms with Crippen LogP contribution in [-0.4, -0.2) is 119 Å². The van der Waals surface area contributed by atoms with Crippen molar-refractivity contribution in [1.29, 1.82) is 0 Å². The molecule has 10 rings (SSSR count). The highest BCUT2D eigenvalue weighted by molar-refractivity contribution is 5.90. The summed E-state index contributed by atoms with van der Waals surface area (Å²) in [5.41, 5.74) is 0.151. The fraction of sp³-hybridized carbons (Fsp3) is 0.346. The summed E-state index contributed by atoms with van der Waals surface area (Å²) < 4.78 is 31.5. The third-order valence-corrected chi connectivity index (χ3v) is 14.3. The minimum absolute atomic E-state index is 0.00229. The van der Waals surface area contributed by atoms with Gasteiger partial charge in [0.15, 0.2) is 34.7 Å². The van der Waals surface area contributed by atoms with E-state index in [0.29, 0.717) is 60.6 Å². The van der Waals surface area contributed by atoms with E-state index in [-0.39, 0.29) is 52.5 Å². The van der Waals surface area contributed by atoms with Crippen molar-refractivity contribution in [3.8, 4) is 45.8 Å². The van der Waals surface area contributed by atoms with E-state index in [1.54, 1.807) is 48.5 Å². The number of aromatic hydroxyl groups is 3. The number of aliphatic hydroxyl groups excluding tert-OH is 3. The van der Waals surface area contributed by atoms with E-state index in [4.69, 9.17) is 29.1 Å². The van der Waals surface area contributed by atoms with Crippen molar-refractivity contribution in [2.24, 2.45) is 5.92 Å². The van der Waals surface area contributed by atoms with E-state index in [1.165, 1.54) is 48.5 Å². The van der Waals surface area contributed by atoms with E-state index in [9.17, 15) is 55.5 Å². The van der Waals surface area contributed by atoms with Gasteiger partial charge in [-0.05, 0) is 110 Å². The molecule has 2 aliphatic carbocycles. The second kappa shape index (κ2) is 18.8. The molecule has 0 unspecified atom stereocenters. The Labute approximate surface area is 410 Å². The van der Waals surface area contributed by atoms with E-state index in [1.807, 2.05) is 0 Å². The topological polar surface area (TPSA) is 332 Å². The van der Waals surface area contributed by atoms with Crippen LogP contribution in [0, 0.1) is 5.92 Å². The van der Waals surface area contributed by atoms with Crippen LogP contribution in [0.5, 0.6) is 34.5 Å². The first-order valence-corrected chi connectivity index (χ1v) is 23.5. The van der Waals surface area contributed by atoms with Gasteiger partial charge in [0.05, 0.1) is 6.61 Å². The number of hydrogen-bond donors (Lipinski definition) is 13. The Morgan fingerprint density at radius 2 is 1.67 bits per heavy atom. The van der Waals surface area contributed by atoms with Crippen LogP contribution >= 0.6 is 0 Å². The van der Waals surface area contributed by atoms with Crippen LogP contribution in [-0.2, 0) is 21.6 Å². The van der Waals surface area contributed by atoms with E-state index in [2.05, 4.69) is 15.6 Å². The maximum absolute atomic E-state index is 14.2. The van der Waals surface area contributed by atoms with E-state index < -0.39 is 94.7 Å². The van der Waals surface area contributed by atoms with Crippen LogP contribution in [0.25, 0.3) is 22.3 Å². The number of H-pyrrole nitrogens is 1. The number of phenols is 3. The summed E-state index contributed by atoms with van der Waals surface area (Å²) in [5, 5.41) is 109. The number of carboxylic acids is 1. The lowest BCUT2D eigenvalue weighted by Gasteiger charge is -2.58. The van der Waals surface area contributed by atoms with Crippen LogP contribution in [0.1, 0.15) is 48.6 Å². The fourth-order valence-corrected chi connectivity index (χ4v) is 10.9. The van der Waals surface area contributed by atoms with Crippen LogP contribution in [0.3, 0.4) is 0 Å². The van der Waals surface area contributed by atoms with Crippen molar-refractivity contribution in [3.05, 3.63) is 136 Å². The van der Waals surface area contributed by atoms with Crippen molar-refractivity contribution < 1.29 is 74.1 Å². The van der Waals surface area contributed by atoms with Gasteiger partial charge in [-0.15, -0.1) is 0 Å². The predicted molar refractivity (Wildman–Crippen MR) is 256 cm³/mol. The number of carboxylic acid groups (broad SMARTS) is 1. The highest BCUT2D eigenvalue weighted by Crippen LogP contribution is 2.54. The smallest absolute Gasteiger partial charge is 0.336 e. The van der Waals surface area contributed by atoms with Gasteiger partial charge in [0.1, 0.15) is 63.2 Å². The van der Waals surface area contributed by atoms with Crippen LogP contribution in [0.2, 0.25) is 0 Å². The van der Waals surface area contributed by atoms with Crippen LogP contribution in [0.15, 0.2) is 118 Å². The summed E-state index contributed by atoms with van der Waals surface area (Å²) in [5.74, 6) is -4.08. The summed E-state index contributed by atoms with van der Waals surface area (Å²) in [6, 6.07) is 23.5. The molecule has 378 valence electrons. The summed E-state index contributed by atoms with van der Waals surface area (Å²) in [6.07, 6.45) is -5.73. The van der Waals surface area contributed by atoms with Gasteiger partial charge in [-0.2, -0.15) is 0 Å². The Morgan fingerprint density at radius 3 is 2.32 bits per heavy atom. The van der Waals surface area contributed by atoms with Crippen molar-refractivity contribution in [2.45, 2.75) is 85.7 Å². The first-order valence-electron chi connectivity index (χ1n) is 23.5. The minimum Gasteiger partial charge on any atom is -0.508 e. The van der Waals surface area contributed by atoms with E-state index in [0.717, 1.165) is 6.07 Å².